The minimum atomic E-state index is 0.509. The number of hydrazone groups is 1. The number of rotatable bonds is 3. The summed E-state index contributed by atoms with van der Waals surface area (Å²) in [6.45, 7) is 1.94. The van der Waals surface area contributed by atoms with Crippen LogP contribution in [0.15, 0.2) is 53.6 Å². The highest BCUT2D eigenvalue weighted by Gasteiger charge is 1.99. The van der Waals surface area contributed by atoms with Gasteiger partial charge in [0.15, 0.2) is 0 Å². The van der Waals surface area contributed by atoms with Gasteiger partial charge in [-0.1, -0.05) is 53.5 Å². The summed E-state index contributed by atoms with van der Waals surface area (Å²) < 4.78 is 0. The van der Waals surface area contributed by atoms with E-state index >= 15 is 0 Å². The van der Waals surface area contributed by atoms with Gasteiger partial charge in [-0.25, -0.2) is 0 Å². The average molecular weight is 279 g/mol. The minimum Gasteiger partial charge on any atom is -0.278 e. The fourth-order valence-electron chi connectivity index (χ4n) is 1.46. The number of nitrogens with zero attached hydrogens (tertiary/aromatic N) is 1. The van der Waals surface area contributed by atoms with Crippen LogP contribution in [-0.2, 0) is 0 Å². The molecule has 0 atom stereocenters. The molecule has 0 aliphatic heterocycles. The molecule has 2 aromatic rings. The van der Waals surface area contributed by atoms with Crippen molar-refractivity contribution >= 4 is 34.6 Å². The Hall–Kier alpha value is -1.51. The van der Waals surface area contributed by atoms with E-state index in [2.05, 4.69) is 10.5 Å². The van der Waals surface area contributed by atoms with Gasteiger partial charge in [0.2, 0.25) is 0 Å². The van der Waals surface area contributed by atoms with E-state index in [1.54, 1.807) is 12.1 Å². The topological polar surface area (TPSA) is 24.4 Å². The highest BCUT2D eigenvalue weighted by Crippen LogP contribution is 2.24. The molecule has 0 bridgehead atoms. The molecule has 0 heterocycles. The third-order valence-corrected chi connectivity index (χ3v) is 3.20. The normalized spacial score (nSPS) is 11.4. The molecule has 0 amide bonds. The molecular weight excluding hydrogens is 267 g/mol. The fourth-order valence-corrected chi connectivity index (χ4v) is 1.76. The van der Waals surface area contributed by atoms with Gasteiger partial charge < -0.3 is 0 Å². The number of nitrogens with one attached hydrogen (secondary N) is 1. The molecule has 0 aromatic heterocycles. The summed E-state index contributed by atoms with van der Waals surface area (Å²) in [5.74, 6) is 0. The first kappa shape index (κ1) is 12.9. The maximum Gasteiger partial charge on any atom is 0.0648 e. The van der Waals surface area contributed by atoms with E-state index in [0.29, 0.717) is 10.0 Å². The monoisotopic (exact) mass is 278 g/mol. The molecule has 0 radical (unpaired) electrons. The van der Waals surface area contributed by atoms with E-state index in [4.69, 9.17) is 23.2 Å². The quantitative estimate of drug-likeness (QED) is 0.631. The molecule has 0 spiro atoms. The van der Waals surface area contributed by atoms with Crippen LogP contribution < -0.4 is 5.43 Å². The second-order valence-electron chi connectivity index (χ2n) is 3.80. The molecular formula is C14H12Cl2N2. The Bertz CT molecular complexity index is 565. The molecule has 0 fully saturated rings. The Kier molecular flexibility index (Phi) is 4.24. The predicted octanol–water partition coefficient (Wildman–Crippen LogP) is 4.83. The first-order valence-corrected chi connectivity index (χ1v) is 6.23. The van der Waals surface area contributed by atoms with Crippen LogP contribution in [-0.4, -0.2) is 5.71 Å². The Morgan fingerprint density at radius 1 is 1.00 bits per heavy atom. The van der Waals surface area contributed by atoms with Crippen LogP contribution in [0.2, 0.25) is 10.0 Å². The molecule has 0 saturated carbocycles. The maximum absolute atomic E-state index is 5.93. The number of hydrogen-bond acceptors (Lipinski definition) is 2. The van der Waals surface area contributed by atoms with E-state index in [1.807, 2.05) is 43.3 Å². The van der Waals surface area contributed by atoms with Gasteiger partial charge in [0.1, 0.15) is 0 Å². The van der Waals surface area contributed by atoms with Crippen molar-refractivity contribution in [1.82, 2.24) is 0 Å². The van der Waals surface area contributed by atoms with E-state index in [1.165, 1.54) is 0 Å². The van der Waals surface area contributed by atoms with Crippen molar-refractivity contribution in [3.63, 3.8) is 0 Å². The Morgan fingerprint density at radius 3 is 2.39 bits per heavy atom. The lowest BCUT2D eigenvalue weighted by Gasteiger charge is -2.04. The van der Waals surface area contributed by atoms with E-state index in [0.717, 1.165) is 17.0 Å². The average Bonchev–Trinajstić information content (AvgIpc) is 2.41. The third kappa shape index (κ3) is 3.25. The summed E-state index contributed by atoms with van der Waals surface area (Å²) in [6, 6.07) is 15.3. The number of hydrogen-bond donors (Lipinski definition) is 1. The zero-order chi connectivity index (χ0) is 13.0. The largest absolute Gasteiger partial charge is 0.278 e. The van der Waals surface area contributed by atoms with E-state index in [-0.39, 0.29) is 0 Å². The molecule has 2 rings (SSSR count). The molecule has 0 unspecified atom stereocenters. The van der Waals surface area contributed by atoms with Gasteiger partial charge in [0.05, 0.1) is 21.4 Å². The van der Waals surface area contributed by atoms with Crippen molar-refractivity contribution in [3.8, 4) is 0 Å². The van der Waals surface area contributed by atoms with Crippen LogP contribution in [0.1, 0.15) is 12.5 Å². The van der Waals surface area contributed by atoms with E-state index in [9.17, 15) is 0 Å². The lowest BCUT2D eigenvalue weighted by Crippen LogP contribution is -1.99. The minimum absolute atomic E-state index is 0.509. The number of halogens is 2. The zero-order valence-electron chi connectivity index (χ0n) is 9.82. The highest BCUT2D eigenvalue weighted by atomic mass is 35.5. The summed E-state index contributed by atoms with van der Waals surface area (Å²) in [4.78, 5) is 0. The third-order valence-electron chi connectivity index (χ3n) is 2.46. The van der Waals surface area contributed by atoms with Gasteiger partial charge in [-0.2, -0.15) is 5.10 Å². The van der Waals surface area contributed by atoms with Gasteiger partial charge >= 0.3 is 0 Å². The highest BCUT2D eigenvalue weighted by molar-refractivity contribution is 6.42. The van der Waals surface area contributed by atoms with Crippen molar-refractivity contribution in [2.45, 2.75) is 6.92 Å². The lowest BCUT2D eigenvalue weighted by molar-refractivity contribution is 1.32. The van der Waals surface area contributed by atoms with Crippen LogP contribution in [0.25, 0.3) is 0 Å². The molecule has 2 nitrogen and oxygen atoms in total. The number of anilines is 1. The van der Waals surface area contributed by atoms with Crippen molar-refractivity contribution in [2.24, 2.45) is 5.10 Å². The number of benzene rings is 2. The van der Waals surface area contributed by atoms with Crippen LogP contribution in [0.4, 0.5) is 5.69 Å². The fraction of sp³-hybridized carbons (Fsp3) is 0.0714. The Balaban J connectivity index is 2.13. The van der Waals surface area contributed by atoms with Crippen molar-refractivity contribution in [3.05, 3.63) is 64.1 Å². The predicted molar refractivity (Wildman–Crippen MR) is 78.7 cm³/mol. The van der Waals surface area contributed by atoms with Crippen LogP contribution >= 0.6 is 23.2 Å². The molecule has 1 N–H and O–H groups in total. The molecule has 0 aliphatic carbocycles. The van der Waals surface area contributed by atoms with Crippen LogP contribution in [0.5, 0.6) is 0 Å². The molecule has 0 saturated heterocycles. The lowest BCUT2D eigenvalue weighted by atomic mass is 10.1. The molecule has 2 aromatic carbocycles. The smallest absolute Gasteiger partial charge is 0.0648 e. The molecule has 92 valence electrons. The van der Waals surface area contributed by atoms with Crippen molar-refractivity contribution < 1.29 is 0 Å². The SMILES string of the molecule is C/C(=N/Nc1ccc(Cl)c(Cl)c1)c1ccccc1. The first-order chi connectivity index (χ1) is 8.66. The van der Waals surface area contributed by atoms with Gasteiger partial charge in [0.25, 0.3) is 0 Å². The van der Waals surface area contributed by atoms with Gasteiger partial charge in [-0.15, -0.1) is 0 Å². The zero-order valence-corrected chi connectivity index (χ0v) is 11.3. The van der Waals surface area contributed by atoms with Crippen LogP contribution in [0.3, 0.4) is 0 Å². The Morgan fingerprint density at radius 2 is 1.72 bits per heavy atom. The van der Waals surface area contributed by atoms with E-state index < -0.39 is 0 Å². The first-order valence-electron chi connectivity index (χ1n) is 5.47. The molecule has 18 heavy (non-hydrogen) atoms. The second-order valence-corrected chi connectivity index (χ2v) is 4.62. The van der Waals surface area contributed by atoms with Gasteiger partial charge in [-0.3, -0.25) is 5.43 Å². The van der Waals surface area contributed by atoms with Gasteiger partial charge in [-0.05, 0) is 30.7 Å². The maximum atomic E-state index is 5.93. The second kappa shape index (κ2) is 5.89. The summed E-state index contributed by atoms with van der Waals surface area (Å²) >= 11 is 11.8. The molecule has 4 heteroatoms. The van der Waals surface area contributed by atoms with Crippen molar-refractivity contribution in [1.29, 1.82) is 0 Å². The van der Waals surface area contributed by atoms with Crippen molar-refractivity contribution in [2.75, 3.05) is 5.43 Å². The van der Waals surface area contributed by atoms with Gasteiger partial charge in [0, 0.05) is 0 Å². The Labute approximate surface area is 116 Å². The summed E-state index contributed by atoms with van der Waals surface area (Å²) in [5, 5.41) is 5.34. The summed E-state index contributed by atoms with van der Waals surface area (Å²) in [6.07, 6.45) is 0. The summed E-state index contributed by atoms with van der Waals surface area (Å²) in [5.41, 5.74) is 5.74. The summed E-state index contributed by atoms with van der Waals surface area (Å²) in [7, 11) is 0. The van der Waals surface area contributed by atoms with Crippen LogP contribution in [0, 0.1) is 0 Å². The standard InChI is InChI=1S/C14H12Cl2N2/c1-10(11-5-3-2-4-6-11)17-18-12-7-8-13(15)14(16)9-12/h2-9,18H,1H3/b17-10-. The molecule has 0 aliphatic rings.